The van der Waals surface area contributed by atoms with Crippen molar-refractivity contribution in [2.24, 2.45) is 5.92 Å². The average molecular weight is 317 g/mol. The van der Waals surface area contributed by atoms with Crippen LogP contribution in [0.3, 0.4) is 0 Å². The molecule has 0 aliphatic carbocycles. The van der Waals surface area contributed by atoms with Gasteiger partial charge in [0, 0.05) is 6.54 Å². The fourth-order valence-electron chi connectivity index (χ4n) is 1.61. The highest BCUT2D eigenvalue weighted by Crippen LogP contribution is 2.16. The van der Waals surface area contributed by atoms with Gasteiger partial charge in [-0.25, -0.2) is 4.39 Å². The van der Waals surface area contributed by atoms with E-state index in [4.69, 9.17) is 0 Å². The topological polar surface area (TPSA) is 24.1 Å². The molecule has 2 N–H and O–H groups in total. The van der Waals surface area contributed by atoms with E-state index in [9.17, 15) is 4.39 Å². The first-order valence-corrected chi connectivity index (χ1v) is 7.24. The molecule has 0 fully saturated rings. The van der Waals surface area contributed by atoms with Gasteiger partial charge in [-0.15, -0.1) is 0 Å². The van der Waals surface area contributed by atoms with Gasteiger partial charge in [0.1, 0.15) is 5.82 Å². The molecule has 1 rings (SSSR count). The minimum atomic E-state index is -0.211. The Morgan fingerprint density at radius 3 is 2.61 bits per heavy atom. The molecule has 0 aliphatic rings. The van der Waals surface area contributed by atoms with Gasteiger partial charge in [-0.05, 0) is 65.6 Å². The van der Waals surface area contributed by atoms with Gasteiger partial charge < -0.3 is 10.6 Å². The quantitative estimate of drug-likeness (QED) is 0.719. The predicted octanol–water partition coefficient (Wildman–Crippen LogP) is 3.31. The number of rotatable bonds is 8. The molecule has 0 unspecified atom stereocenters. The van der Waals surface area contributed by atoms with E-state index in [1.807, 2.05) is 12.1 Å². The zero-order valence-corrected chi connectivity index (χ0v) is 12.7. The van der Waals surface area contributed by atoms with Crippen LogP contribution in [0.1, 0.15) is 25.8 Å². The molecular formula is C14H22BrFN2. The van der Waals surface area contributed by atoms with E-state index >= 15 is 0 Å². The van der Waals surface area contributed by atoms with E-state index < -0.39 is 0 Å². The van der Waals surface area contributed by atoms with Gasteiger partial charge in [-0.2, -0.15) is 0 Å². The Bertz CT molecular complexity index is 356. The second-order valence-corrected chi connectivity index (χ2v) is 5.73. The summed E-state index contributed by atoms with van der Waals surface area (Å²) in [6.07, 6.45) is 1.11. The fraction of sp³-hybridized carbons (Fsp3) is 0.571. The zero-order valence-electron chi connectivity index (χ0n) is 11.1. The van der Waals surface area contributed by atoms with Gasteiger partial charge in [0.25, 0.3) is 0 Å². The highest BCUT2D eigenvalue weighted by molar-refractivity contribution is 9.10. The van der Waals surface area contributed by atoms with Gasteiger partial charge in [-0.3, -0.25) is 0 Å². The molecule has 102 valence electrons. The summed E-state index contributed by atoms with van der Waals surface area (Å²) in [5.41, 5.74) is 1.10. The van der Waals surface area contributed by atoms with Crippen molar-refractivity contribution in [1.29, 1.82) is 0 Å². The second kappa shape index (κ2) is 8.62. The molecule has 0 saturated heterocycles. The van der Waals surface area contributed by atoms with Crippen LogP contribution in [0.4, 0.5) is 4.39 Å². The van der Waals surface area contributed by atoms with Crippen LogP contribution in [0.15, 0.2) is 22.7 Å². The van der Waals surface area contributed by atoms with Crippen LogP contribution in [-0.2, 0) is 6.54 Å². The first-order chi connectivity index (χ1) is 8.59. The van der Waals surface area contributed by atoms with Crippen molar-refractivity contribution in [3.05, 3.63) is 34.1 Å². The Balaban J connectivity index is 2.09. The minimum Gasteiger partial charge on any atom is -0.316 e. The molecule has 0 atom stereocenters. The number of hydrogen-bond donors (Lipinski definition) is 2. The van der Waals surface area contributed by atoms with Crippen molar-refractivity contribution < 1.29 is 4.39 Å². The molecule has 1 aromatic carbocycles. The molecule has 0 heterocycles. The highest BCUT2D eigenvalue weighted by atomic mass is 79.9. The maximum atomic E-state index is 13.0. The third-order valence-corrected chi connectivity index (χ3v) is 3.18. The van der Waals surface area contributed by atoms with Gasteiger partial charge in [0.05, 0.1) is 4.47 Å². The van der Waals surface area contributed by atoms with Crippen LogP contribution < -0.4 is 10.6 Å². The van der Waals surface area contributed by atoms with E-state index in [-0.39, 0.29) is 5.82 Å². The van der Waals surface area contributed by atoms with Crippen LogP contribution >= 0.6 is 15.9 Å². The van der Waals surface area contributed by atoms with Crippen LogP contribution in [0.25, 0.3) is 0 Å². The summed E-state index contributed by atoms with van der Waals surface area (Å²) >= 11 is 3.19. The number of nitrogens with one attached hydrogen (secondary N) is 2. The third kappa shape index (κ3) is 6.47. The summed E-state index contributed by atoms with van der Waals surface area (Å²) in [6.45, 7) is 8.28. The fourth-order valence-corrected chi connectivity index (χ4v) is 2.04. The lowest BCUT2D eigenvalue weighted by molar-refractivity contribution is 0.530. The van der Waals surface area contributed by atoms with E-state index in [1.54, 1.807) is 0 Å². The Kier molecular flexibility index (Phi) is 7.47. The van der Waals surface area contributed by atoms with Gasteiger partial charge in [0.15, 0.2) is 0 Å². The number of benzene rings is 1. The average Bonchev–Trinajstić information content (AvgIpc) is 2.32. The van der Waals surface area contributed by atoms with Gasteiger partial charge in [0.2, 0.25) is 0 Å². The summed E-state index contributed by atoms with van der Waals surface area (Å²) in [7, 11) is 0. The summed E-state index contributed by atoms with van der Waals surface area (Å²) in [6, 6.07) is 5.12. The monoisotopic (exact) mass is 316 g/mol. The smallest absolute Gasteiger partial charge is 0.137 e. The van der Waals surface area contributed by atoms with E-state index in [1.165, 1.54) is 6.07 Å². The second-order valence-electron chi connectivity index (χ2n) is 4.88. The lowest BCUT2D eigenvalue weighted by Crippen LogP contribution is -2.24. The Labute approximate surface area is 117 Å². The SMILES string of the molecule is CC(C)CNCCCNCc1ccc(F)c(Br)c1. The standard InChI is InChI=1S/C14H22BrFN2/c1-11(2)9-17-6-3-7-18-10-12-4-5-14(16)13(15)8-12/h4-5,8,11,17-18H,3,6-7,9-10H2,1-2H3. The van der Waals surface area contributed by atoms with Crippen LogP contribution in [0.2, 0.25) is 0 Å². The lowest BCUT2D eigenvalue weighted by atomic mass is 10.2. The molecule has 2 nitrogen and oxygen atoms in total. The summed E-state index contributed by atoms with van der Waals surface area (Å²) < 4.78 is 13.5. The highest BCUT2D eigenvalue weighted by Gasteiger charge is 2.00. The molecular weight excluding hydrogens is 295 g/mol. The van der Waals surface area contributed by atoms with Crippen molar-refractivity contribution in [3.8, 4) is 0 Å². The predicted molar refractivity (Wildman–Crippen MR) is 78.1 cm³/mol. The molecule has 0 amide bonds. The first kappa shape index (κ1) is 15.6. The molecule has 0 spiro atoms. The molecule has 0 bridgehead atoms. The largest absolute Gasteiger partial charge is 0.316 e. The van der Waals surface area contributed by atoms with Crippen LogP contribution in [-0.4, -0.2) is 19.6 Å². The Hall–Kier alpha value is -0.450. The molecule has 1 aromatic rings. The number of halogens is 2. The Morgan fingerprint density at radius 1 is 1.22 bits per heavy atom. The maximum Gasteiger partial charge on any atom is 0.137 e. The first-order valence-electron chi connectivity index (χ1n) is 6.45. The zero-order chi connectivity index (χ0) is 13.4. The summed E-state index contributed by atoms with van der Waals surface area (Å²) in [4.78, 5) is 0. The lowest BCUT2D eigenvalue weighted by Gasteiger charge is -2.08. The molecule has 0 saturated carbocycles. The molecule has 18 heavy (non-hydrogen) atoms. The van der Waals surface area contributed by atoms with Gasteiger partial charge in [-0.1, -0.05) is 19.9 Å². The Morgan fingerprint density at radius 2 is 1.94 bits per heavy atom. The van der Waals surface area contributed by atoms with Crippen LogP contribution in [0.5, 0.6) is 0 Å². The molecule has 0 radical (unpaired) electrons. The van der Waals surface area contributed by atoms with E-state index in [0.29, 0.717) is 10.4 Å². The van der Waals surface area contributed by atoms with Crippen molar-refractivity contribution >= 4 is 15.9 Å². The summed E-state index contributed by atoms with van der Waals surface area (Å²) in [5.74, 6) is 0.492. The van der Waals surface area contributed by atoms with Crippen LogP contribution in [0, 0.1) is 11.7 Å². The number of hydrogen-bond acceptors (Lipinski definition) is 2. The van der Waals surface area contributed by atoms with Crippen molar-refractivity contribution in [1.82, 2.24) is 10.6 Å². The summed E-state index contributed by atoms with van der Waals surface area (Å²) in [5, 5.41) is 6.76. The molecule has 0 aromatic heterocycles. The van der Waals surface area contributed by atoms with Crippen molar-refractivity contribution in [2.75, 3.05) is 19.6 Å². The molecule has 4 heteroatoms. The van der Waals surface area contributed by atoms with E-state index in [2.05, 4.69) is 40.4 Å². The third-order valence-electron chi connectivity index (χ3n) is 2.57. The molecule has 0 aliphatic heterocycles. The maximum absolute atomic E-state index is 13.0. The van der Waals surface area contributed by atoms with Crippen molar-refractivity contribution in [2.45, 2.75) is 26.8 Å². The van der Waals surface area contributed by atoms with Crippen molar-refractivity contribution in [3.63, 3.8) is 0 Å². The normalized spacial score (nSPS) is 11.2. The minimum absolute atomic E-state index is 0.211. The van der Waals surface area contributed by atoms with Gasteiger partial charge >= 0.3 is 0 Å². The van der Waals surface area contributed by atoms with E-state index in [0.717, 1.165) is 38.2 Å².